The van der Waals surface area contributed by atoms with Crippen molar-refractivity contribution in [3.8, 4) is 11.5 Å². The van der Waals surface area contributed by atoms with E-state index in [2.05, 4.69) is 19.2 Å². The first-order valence-electron chi connectivity index (χ1n) is 14.9. The van der Waals surface area contributed by atoms with Gasteiger partial charge in [0.05, 0.1) is 31.1 Å². The van der Waals surface area contributed by atoms with Crippen LogP contribution in [0.2, 0.25) is 0 Å². The van der Waals surface area contributed by atoms with Gasteiger partial charge in [-0.3, -0.25) is 14.5 Å². The number of allylic oxidation sites excluding steroid dienone is 1. The van der Waals surface area contributed by atoms with Gasteiger partial charge in [-0.25, -0.2) is 0 Å². The predicted molar refractivity (Wildman–Crippen MR) is 164 cm³/mol. The molecule has 1 N–H and O–H groups in total. The second-order valence-corrected chi connectivity index (χ2v) is 10.8. The Bertz CT molecular complexity index is 1410. The van der Waals surface area contributed by atoms with E-state index in [9.17, 15) is 9.59 Å². The fraction of sp³-hybridized carbons (Fsp3) is 0.371. The number of ketones is 1. The molecule has 3 aromatic rings. The zero-order valence-corrected chi connectivity index (χ0v) is 24.3. The molecule has 0 bridgehead atoms. The summed E-state index contributed by atoms with van der Waals surface area (Å²) in [5, 5.41) is 3.63. The maximum absolute atomic E-state index is 14.3. The molecule has 1 amide bonds. The topological polar surface area (TPSA) is 67.9 Å². The standard InChI is InChI=1S/C35H40N2O4/c1-4-6-7-16-33(39)37-30-14-10-9-13-28(30)36-29-22-25(24-17-19-26(40-3)20-18-24)23-31(38)34(29)35(37)27-12-8-11-15-32(27)41-21-5-2/h8-15,17-20,25,35-36H,4-7,16,21-23H2,1-3H3/t25-,35+/m0/s1. The monoisotopic (exact) mass is 552 g/mol. The van der Waals surface area contributed by atoms with Gasteiger partial charge < -0.3 is 14.8 Å². The van der Waals surface area contributed by atoms with Gasteiger partial charge in [-0.05, 0) is 61.1 Å². The molecule has 0 fully saturated rings. The number of anilines is 2. The van der Waals surface area contributed by atoms with Crippen LogP contribution in [-0.4, -0.2) is 25.4 Å². The Kier molecular flexibility index (Phi) is 9.07. The van der Waals surface area contributed by atoms with Crippen molar-refractivity contribution in [2.75, 3.05) is 23.9 Å². The molecular formula is C35H40N2O4. The number of methoxy groups -OCH3 is 1. The molecule has 3 aromatic carbocycles. The van der Waals surface area contributed by atoms with Gasteiger partial charge in [0.1, 0.15) is 11.5 Å². The van der Waals surface area contributed by atoms with Gasteiger partial charge >= 0.3 is 0 Å². The second-order valence-electron chi connectivity index (χ2n) is 10.8. The number of hydrogen-bond acceptors (Lipinski definition) is 5. The highest BCUT2D eigenvalue weighted by Gasteiger charge is 2.42. The summed E-state index contributed by atoms with van der Waals surface area (Å²) in [5.41, 5.74) is 5.08. The van der Waals surface area contributed by atoms with Crippen LogP contribution in [0.3, 0.4) is 0 Å². The van der Waals surface area contributed by atoms with Crippen molar-refractivity contribution in [1.82, 2.24) is 0 Å². The Morgan fingerprint density at radius 2 is 1.68 bits per heavy atom. The minimum Gasteiger partial charge on any atom is -0.497 e. The molecule has 0 radical (unpaired) electrons. The Labute approximate surface area is 243 Å². The molecule has 0 spiro atoms. The molecule has 6 heteroatoms. The highest BCUT2D eigenvalue weighted by atomic mass is 16.5. The third-order valence-corrected chi connectivity index (χ3v) is 8.01. The zero-order valence-electron chi connectivity index (χ0n) is 24.3. The van der Waals surface area contributed by atoms with E-state index in [1.165, 1.54) is 0 Å². The van der Waals surface area contributed by atoms with E-state index in [0.29, 0.717) is 37.2 Å². The summed E-state index contributed by atoms with van der Waals surface area (Å²) < 4.78 is 11.6. The van der Waals surface area contributed by atoms with E-state index < -0.39 is 6.04 Å². The smallest absolute Gasteiger partial charge is 0.227 e. The number of carbonyl (C=O) groups excluding carboxylic acids is 2. The van der Waals surface area contributed by atoms with Crippen LogP contribution in [-0.2, 0) is 9.59 Å². The van der Waals surface area contributed by atoms with Crippen LogP contribution in [0.4, 0.5) is 11.4 Å². The molecule has 1 aliphatic carbocycles. The van der Waals surface area contributed by atoms with Gasteiger partial charge in [-0.2, -0.15) is 0 Å². The lowest BCUT2D eigenvalue weighted by Gasteiger charge is -2.36. The molecule has 2 atom stereocenters. The van der Waals surface area contributed by atoms with E-state index in [-0.39, 0.29) is 17.6 Å². The Morgan fingerprint density at radius 3 is 2.44 bits per heavy atom. The van der Waals surface area contributed by atoms with E-state index in [4.69, 9.17) is 9.47 Å². The van der Waals surface area contributed by atoms with Crippen molar-refractivity contribution in [3.63, 3.8) is 0 Å². The van der Waals surface area contributed by atoms with Gasteiger partial charge in [0.15, 0.2) is 5.78 Å². The maximum atomic E-state index is 14.3. The van der Waals surface area contributed by atoms with E-state index >= 15 is 0 Å². The lowest BCUT2D eigenvalue weighted by atomic mass is 9.78. The van der Waals surface area contributed by atoms with Crippen LogP contribution < -0.4 is 19.7 Å². The van der Waals surface area contributed by atoms with Crippen LogP contribution >= 0.6 is 0 Å². The summed E-state index contributed by atoms with van der Waals surface area (Å²) >= 11 is 0. The minimum absolute atomic E-state index is 0.0156. The van der Waals surface area contributed by atoms with Crippen LogP contribution in [0, 0.1) is 0 Å². The van der Waals surface area contributed by atoms with Gasteiger partial charge in [0.2, 0.25) is 5.91 Å². The van der Waals surface area contributed by atoms with Crippen molar-refractivity contribution in [2.24, 2.45) is 0 Å². The Hall–Kier alpha value is -4.06. The number of para-hydroxylation sites is 3. The van der Waals surface area contributed by atoms with Crippen LogP contribution in [0.5, 0.6) is 11.5 Å². The third kappa shape index (κ3) is 6.02. The van der Waals surface area contributed by atoms with Crippen LogP contribution in [0.15, 0.2) is 84.1 Å². The molecule has 2 aliphatic rings. The minimum atomic E-state index is -0.590. The zero-order chi connectivity index (χ0) is 28.8. The highest BCUT2D eigenvalue weighted by Crippen LogP contribution is 2.49. The van der Waals surface area contributed by atoms with E-state index in [0.717, 1.165) is 59.6 Å². The summed E-state index contributed by atoms with van der Waals surface area (Å²) in [6.45, 7) is 4.77. The SMILES string of the molecule is CCCCCC(=O)N1c2ccccc2NC2=C(C(=O)C[C@@H](c3ccc(OC)cc3)C2)[C@H]1c1ccccc1OCCC. The first kappa shape index (κ1) is 28.5. The normalized spacial score (nSPS) is 18.2. The number of unbranched alkanes of at least 4 members (excludes halogenated alkanes) is 2. The molecule has 0 saturated carbocycles. The van der Waals surface area contributed by atoms with Gasteiger partial charge in [-0.1, -0.05) is 69.2 Å². The summed E-state index contributed by atoms with van der Waals surface area (Å²) in [5.74, 6) is 1.59. The number of amides is 1. The first-order valence-corrected chi connectivity index (χ1v) is 14.9. The van der Waals surface area contributed by atoms with Crippen molar-refractivity contribution < 1.29 is 19.1 Å². The van der Waals surface area contributed by atoms with Gasteiger partial charge in [0, 0.05) is 29.7 Å². The molecule has 1 aliphatic heterocycles. The van der Waals surface area contributed by atoms with Crippen LogP contribution in [0.1, 0.15) is 81.9 Å². The third-order valence-electron chi connectivity index (χ3n) is 8.01. The van der Waals surface area contributed by atoms with Crippen molar-refractivity contribution >= 4 is 23.1 Å². The molecule has 5 rings (SSSR count). The van der Waals surface area contributed by atoms with Gasteiger partial charge in [0.25, 0.3) is 0 Å². The molecule has 6 nitrogen and oxygen atoms in total. The maximum Gasteiger partial charge on any atom is 0.227 e. The van der Waals surface area contributed by atoms with Crippen LogP contribution in [0.25, 0.3) is 0 Å². The number of fused-ring (bicyclic) bond motifs is 1. The molecule has 0 aromatic heterocycles. The van der Waals surface area contributed by atoms with E-state index in [1.54, 1.807) is 7.11 Å². The Morgan fingerprint density at radius 1 is 0.927 bits per heavy atom. The first-order chi connectivity index (χ1) is 20.0. The molecule has 0 unspecified atom stereocenters. The lowest BCUT2D eigenvalue weighted by Crippen LogP contribution is -2.38. The molecule has 214 valence electrons. The highest BCUT2D eigenvalue weighted by molar-refractivity contribution is 6.06. The fourth-order valence-electron chi connectivity index (χ4n) is 5.97. The number of Topliss-reactive ketones (excluding diaryl/α,β-unsaturated/α-hetero) is 1. The number of ether oxygens (including phenoxy) is 2. The number of carbonyl (C=O) groups is 2. The fourth-order valence-corrected chi connectivity index (χ4v) is 5.97. The second kappa shape index (κ2) is 13.1. The van der Waals surface area contributed by atoms with Crippen molar-refractivity contribution in [1.29, 1.82) is 0 Å². The summed E-state index contributed by atoms with van der Waals surface area (Å²) in [7, 11) is 1.65. The number of nitrogens with one attached hydrogen (secondary N) is 1. The number of benzene rings is 3. The van der Waals surface area contributed by atoms with Crippen molar-refractivity contribution in [2.45, 2.75) is 70.8 Å². The Balaban J connectivity index is 1.66. The van der Waals surface area contributed by atoms with Gasteiger partial charge in [-0.15, -0.1) is 0 Å². The molecule has 0 saturated heterocycles. The summed E-state index contributed by atoms with van der Waals surface area (Å²) in [4.78, 5) is 30.3. The summed E-state index contributed by atoms with van der Waals surface area (Å²) in [6, 6.07) is 23.1. The number of rotatable bonds is 10. The lowest BCUT2D eigenvalue weighted by molar-refractivity contribution is -0.119. The molecule has 41 heavy (non-hydrogen) atoms. The van der Waals surface area contributed by atoms with Crippen molar-refractivity contribution in [3.05, 3.63) is 95.2 Å². The quantitative estimate of drug-likeness (QED) is 0.258. The molecular weight excluding hydrogens is 512 g/mol. The average Bonchev–Trinajstić information content (AvgIpc) is 3.15. The number of hydrogen-bond donors (Lipinski definition) is 1. The number of nitrogens with zero attached hydrogens (tertiary/aromatic N) is 1. The predicted octanol–water partition coefficient (Wildman–Crippen LogP) is 7.96. The average molecular weight is 553 g/mol. The van der Waals surface area contributed by atoms with E-state index in [1.807, 2.05) is 77.7 Å². The molecule has 1 heterocycles. The largest absolute Gasteiger partial charge is 0.497 e. The summed E-state index contributed by atoms with van der Waals surface area (Å²) in [6.07, 6.45) is 5.13.